The Kier molecular flexibility index (Phi) is 3.90. The van der Waals surface area contributed by atoms with Crippen molar-refractivity contribution in [1.29, 1.82) is 0 Å². The van der Waals surface area contributed by atoms with Gasteiger partial charge in [0, 0.05) is 12.3 Å². The van der Waals surface area contributed by atoms with E-state index in [0.717, 1.165) is 5.71 Å². The molecule has 1 aromatic rings. The molecule has 0 saturated carbocycles. The van der Waals surface area contributed by atoms with Crippen molar-refractivity contribution in [3.05, 3.63) is 23.0 Å². The number of nitrogens with zero attached hydrogens (tertiary/aromatic N) is 3. The zero-order valence-electron chi connectivity index (χ0n) is 9.43. The molecule has 0 saturated heterocycles. The zero-order valence-corrected chi connectivity index (χ0v) is 10.3. The lowest BCUT2D eigenvalue weighted by molar-refractivity contribution is 0.912. The summed E-state index contributed by atoms with van der Waals surface area (Å²) in [5, 5.41) is 0. The van der Waals surface area contributed by atoms with Gasteiger partial charge in [-0.3, -0.25) is 9.78 Å². The van der Waals surface area contributed by atoms with E-state index in [4.69, 9.17) is 5.73 Å². The highest BCUT2D eigenvalue weighted by Gasteiger charge is 2.21. The van der Waals surface area contributed by atoms with Crippen LogP contribution < -0.4 is 16.2 Å². The Morgan fingerprint density at radius 3 is 3.00 bits per heavy atom. The van der Waals surface area contributed by atoms with Crippen LogP contribution in [0, 0.1) is 0 Å². The minimum Gasteiger partial charge on any atom is -0.369 e. The van der Waals surface area contributed by atoms with Crippen LogP contribution in [0.4, 0.5) is 17.5 Å². The van der Waals surface area contributed by atoms with Gasteiger partial charge in [0.25, 0.3) is 5.56 Å². The fourth-order valence-corrected chi connectivity index (χ4v) is 1.68. The molecule has 0 fully saturated rings. The van der Waals surface area contributed by atoms with Crippen molar-refractivity contribution in [2.24, 2.45) is 4.99 Å². The molecule has 1 aliphatic heterocycles. The normalized spacial score (nSPS) is 13.5. The van der Waals surface area contributed by atoms with Gasteiger partial charge < -0.3 is 10.6 Å². The number of hydrogen-bond donors (Lipinski definition) is 2. The van der Waals surface area contributed by atoms with Gasteiger partial charge >= 0.3 is 0 Å². The molecule has 3 N–H and O–H groups in total. The zero-order chi connectivity index (χ0) is 11.7. The fourth-order valence-electron chi connectivity index (χ4n) is 1.68. The number of aromatic amines is 1. The number of aliphatic imine (C=N–C) groups is 1. The first kappa shape index (κ1) is 13.2. The lowest BCUT2D eigenvalue weighted by Crippen LogP contribution is -2.34. The molecule has 0 amide bonds. The summed E-state index contributed by atoms with van der Waals surface area (Å²) in [4.78, 5) is 24.3. The summed E-state index contributed by atoms with van der Waals surface area (Å²) in [5.41, 5.74) is 6.38. The molecule has 0 aromatic carbocycles. The maximum Gasteiger partial charge on any atom is 0.280 e. The molecule has 0 radical (unpaired) electrons. The van der Waals surface area contributed by atoms with Gasteiger partial charge in [-0.05, 0) is 6.92 Å². The second-order valence-electron chi connectivity index (χ2n) is 3.64. The van der Waals surface area contributed by atoms with E-state index < -0.39 is 0 Å². The van der Waals surface area contributed by atoms with E-state index in [2.05, 4.69) is 21.5 Å². The van der Waals surface area contributed by atoms with Gasteiger partial charge in [-0.25, -0.2) is 4.99 Å². The van der Waals surface area contributed by atoms with Crippen LogP contribution in [0.25, 0.3) is 0 Å². The van der Waals surface area contributed by atoms with Crippen molar-refractivity contribution in [1.82, 2.24) is 9.97 Å². The van der Waals surface area contributed by atoms with E-state index in [0.29, 0.717) is 24.6 Å². The summed E-state index contributed by atoms with van der Waals surface area (Å²) in [6.07, 6.45) is 1.75. The Morgan fingerprint density at radius 2 is 2.35 bits per heavy atom. The predicted molar refractivity (Wildman–Crippen MR) is 71.7 cm³/mol. The summed E-state index contributed by atoms with van der Waals surface area (Å²) >= 11 is 0. The Morgan fingerprint density at radius 1 is 1.65 bits per heavy atom. The molecule has 0 bridgehead atoms. The van der Waals surface area contributed by atoms with Gasteiger partial charge in [0.15, 0.2) is 11.5 Å². The maximum absolute atomic E-state index is 11.6. The van der Waals surface area contributed by atoms with Crippen LogP contribution in [0.2, 0.25) is 0 Å². The number of aromatic nitrogens is 2. The van der Waals surface area contributed by atoms with E-state index in [9.17, 15) is 4.79 Å². The molecule has 6 nitrogen and oxygen atoms in total. The van der Waals surface area contributed by atoms with Crippen LogP contribution in [0.3, 0.4) is 0 Å². The monoisotopic (exact) mass is 255 g/mol. The number of rotatable bonds is 2. The first-order chi connectivity index (χ1) is 7.61. The van der Waals surface area contributed by atoms with Crippen molar-refractivity contribution in [2.75, 3.05) is 23.7 Å². The number of H-pyrrole nitrogens is 1. The molecule has 0 atom stereocenters. The molecule has 1 aromatic heterocycles. The average molecular weight is 256 g/mol. The number of fused-ring (bicyclic) bond motifs is 1. The van der Waals surface area contributed by atoms with Gasteiger partial charge in [0.1, 0.15) is 0 Å². The summed E-state index contributed by atoms with van der Waals surface area (Å²) in [5.74, 6) is 0.624. The Balaban J connectivity index is 0.00000144. The second kappa shape index (κ2) is 5.01. The van der Waals surface area contributed by atoms with Gasteiger partial charge in [-0.15, -0.1) is 19.0 Å². The highest BCUT2D eigenvalue weighted by atomic mass is 35.5. The molecule has 0 spiro atoms. The van der Waals surface area contributed by atoms with E-state index in [-0.39, 0.29) is 23.9 Å². The SMILES string of the molecule is C=CCN1CC(C)=Nc2c1nc(N)[nH]c2=O.Cl. The first-order valence-corrected chi connectivity index (χ1v) is 4.91. The molecule has 2 rings (SSSR count). The van der Waals surface area contributed by atoms with Crippen LogP contribution in [-0.4, -0.2) is 28.8 Å². The third-order valence-corrected chi connectivity index (χ3v) is 2.27. The Labute approximate surface area is 105 Å². The number of hydrogen-bond acceptors (Lipinski definition) is 5. The van der Waals surface area contributed by atoms with Crippen molar-refractivity contribution in [3.8, 4) is 0 Å². The van der Waals surface area contributed by atoms with Crippen LogP contribution in [-0.2, 0) is 0 Å². The van der Waals surface area contributed by atoms with Crippen LogP contribution in [0.15, 0.2) is 22.4 Å². The van der Waals surface area contributed by atoms with Crippen LogP contribution in [0.1, 0.15) is 6.92 Å². The van der Waals surface area contributed by atoms with Gasteiger partial charge in [-0.2, -0.15) is 4.98 Å². The van der Waals surface area contributed by atoms with Crippen molar-refractivity contribution >= 4 is 35.6 Å². The summed E-state index contributed by atoms with van der Waals surface area (Å²) in [6, 6.07) is 0. The van der Waals surface area contributed by atoms with E-state index >= 15 is 0 Å². The van der Waals surface area contributed by atoms with Gasteiger partial charge in [0.2, 0.25) is 5.95 Å². The molecule has 7 heteroatoms. The molecule has 2 heterocycles. The Bertz CT molecular complexity index is 522. The average Bonchev–Trinajstić information content (AvgIpc) is 2.20. The smallest absolute Gasteiger partial charge is 0.280 e. The molecular weight excluding hydrogens is 242 g/mol. The standard InChI is InChI=1S/C10H13N5O.ClH/c1-3-4-15-5-6(2)12-7-8(15)13-10(11)14-9(7)16;/h3H,1,4-5H2,2H3,(H3,11,13,14,16);1H. The molecule has 1 aliphatic rings. The third kappa shape index (κ3) is 2.47. The predicted octanol–water partition coefficient (Wildman–Crippen LogP) is 0.872. The minimum atomic E-state index is -0.310. The third-order valence-electron chi connectivity index (χ3n) is 2.27. The number of halogens is 1. The quantitative estimate of drug-likeness (QED) is 0.768. The lowest BCUT2D eigenvalue weighted by Gasteiger charge is -2.26. The largest absolute Gasteiger partial charge is 0.369 e. The lowest BCUT2D eigenvalue weighted by atomic mass is 10.2. The first-order valence-electron chi connectivity index (χ1n) is 4.91. The molecule has 92 valence electrons. The number of nitrogen functional groups attached to an aromatic ring is 1. The molecule has 17 heavy (non-hydrogen) atoms. The van der Waals surface area contributed by atoms with E-state index in [1.807, 2.05) is 11.8 Å². The van der Waals surface area contributed by atoms with Crippen molar-refractivity contribution < 1.29 is 0 Å². The Hall–Kier alpha value is -1.82. The van der Waals surface area contributed by atoms with E-state index in [1.54, 1.807) is 6.08 Å². The topological polar surface area (TPSA) is 87.4 Å². The van der Waals surface area contributed by atoms with Crippen molar-refractivity contribution in [2.45, 2.75) is 6.92 Å². The highest BCUT2D eigenvalue weighted by molar-refractivity contribution is 5.93. The van der Waals surface area contributed by atoms with Crippen molar-refractivity contribution in [3.63, 3.8) is 0 Å². The summed E-state index contributed by atoms with van der Waals surface area (Å²) in [6.45, 7) is 6.78. The maximum atomic E-state index is 11.6. The minimum absolute atomic E-state index is 0. The summed E-state index contributed by atoms with van der Waals surface area (Å²) < 4.78 is 0. The van der Waals surface area contributed by atoms with Gasteiger partial charge in [0.05, 0.1) is 6.54 Å². The van der Waals surface area contributed by atoms with Gasteiger partial charge in [-0.1, -0.05) is 6.08 Å². The summed E-state index contributed by atoms with van der Waals surface area (Å²) in [7, 11) is 0. The molecular formula is C10H14ClN5O. The van der Waals surface area contributed by atoms with Crippen LogP contribution in [0.5, 0.6) is 0 Å². The van der Waals surface area contributed by atoms with Crippen LogP contribution >= 0.6 is 12.4 Å². The fraction of sp³-hybridized carbons (Fsp3) is 0.300. The second-order valence-corrected chi connectivity index (χ2v) is 3.64. The van der Waals surface area contributed by atoms with E-state index in [1.165, 1.54) is 0 Å². The number of anilines is 2. The molecule has 0 unspecified atom stereocenters. The highest BCUT2D eigenvalue weighted by Crippen LogP contribution is 2.26. The molecule has 0 aliphatic carbocycles. The number of nitrogens with two attached hydrogens (primary N) is 1. The number of nitrogens with one attached hydrogen (secondary N) is 1.